The summed E-state index contributed by atoms with van der Waals surface area (Å²) in [5, 5.41) is 2.59. The van der Waals surface area contributed by atoms with Gasteiger partial charge in [0.1, 0.15) is 11.1 Å². The summed E-state index contributed by atoms with van der Waals surface area (Å²) in [6, 6.07) is 18.8. The first-order valence-corrected chi connectivity index (χ1v) is 10.5. The Bertz CT molecular complexity index is 1680. The van der Waals surface area contributed by atoms with Gasteiger partial charge in [-0.1, -0.05) is 59.7 Å². The van der Waals surface area contributed by atoms with Crippen molar-refractivity contribution in [2.45, 2.75) is 13.5 Å². The molecule has 0 N–H and O–H groups in total. The van der Waals surface area contributed by atoms with Gasteiger partial charge >= 0.3 is 5.63 Å². The van der Waals surface area contributed by atoms with Crippen LogP contribution in [0.3, 0.4) is 0 Å². The van der Waals surface area contributed by atoms with Gasteiger partial charge in [-0.05, 0) is 41.5 Å². The van der Waals surface area contributed by atoms with Crippen molar-refractivity contribution in [3.05, 3.63) is 87.0 Å². The van der Waals surface area contributed by atoms with Gasteiger partial charge in [0, 0.05) is 5.39 Å². The Balaban J connectivity index is 1.73. The summed E-state index contributed by atoms with van der Waals surface area (Å²) in [5.74, 6) is 1.96. The van der Waals surface area contributed by atoms with Gasteiger partial charge in [-0.25, -0.2) is 4.79 Å². The smallest absolute Gasteiger partial charge is 0.349 e. The second kappa shape index (κ2) is 7.38. The van der Waals surface area contributed by atoms with Crippen molar-refractivity contribution >= 4 is 49.2 Å². The molecule has 3 aromatic carbocycles. The molecule has 2 heterocycles. The maximum absolute atomic E-state index is 13.0. The van der Waals surface area contributed by atoms with Crippen molar-refractivity contribution in [1.82, 2.24) is 4.57 Å². The van der Waals surface area contributed by atoms with Crippen molar-refractivity contribution in [2.24, 2.45) is 4.99 Å². The Morgan fingerprint density at radius 3 is 2.81 bits per heavy atom. The van der Waals surface area contributed by atoms with Gasteiger partial charge in [-0.15, -0.1) is 6.42 Å². The largest absolute Gasteiger partial charge is 0.422 e. The van der Waals surface area contributed by atoms with Gasteiger partial charge in [0.15, 0.2) is 4.80 Å². The number of terminal acetylenes is 1. The van der Waals surface area contributed by atoms with Crippen molar-refractivity contribution in [3.63, 3.8) is 0 Å². The van der Waals surface area contributed by atoms with E-state index in [4.69, 9.17) is 10.8 Å². The van der Waals surface area contributed by atoms with Crippen LogP contribution in [0.15, 0.2) is 74.9 Å². The molecule has 0 saturated heterocycles. The molecular weight excluding hydrogens is 408 g/mol. The highest BCUT2D eigenvalue weighted by Crippen LogP contribution is 2.25. The monoisotopic (exact) mass is 424 g/mol. The number of benzene rings is 3. The van der Waals surface area contributed by atoms with Crippen LogP contribution in [0.4, 0.5) is 0 Å². The van der Waals surface area contributed by atoms with Crippen LogP contribution < -0.4 is 10.4 Å². The summed E-state index contributed by atoms with van der Waals surface area (Å²) in [6.07, 6.45) is 5.55. The van der Waals surface area contributed by atoms with Crippen LogP contribution >= 0.6 is 11.3 Å². The van der Waals surface area contributed by atoms with Crippen LogP contribution in [-0.4, -0.2) is 10.5 Å². The van der Waals surface area contributed by atoms with Crippen molar-refractivity contribution in [1.29, 1.82) is 0 Å². The zero-order chi connectivity index (χ0) is 21.5. The molecule has 5 rings (SSSR count). The fraction of sp³-hybridized carbons (Fsp3) is 0.0800. The molecule has 0 aliphatic rings. The summed E-state index contributed by atoms with van der Waals surface area (Å²) in [7, 11) is 0. The van der Waals surface area contributed by atoms with Gasteiger partial charge in [-0.2, -0.15) is 4.99 Å². The molecule has 0 aliphatic carbocycles. The first-order chi connectivity index (χ1) is 15.1. The van der Waals surface area contributed by atoms with E-state index < -0.39 is 11.5 Å². The van der Waals surface area contributed by atoms with Crippen LogP contribution in [0, 0.1) is 19.3 Å². The number of fused-ring (bicyclic) bond motifs is 4. The number of nitrogens with zero attached hydrogens (tertiary/aromatic N) is 2. The summed E-state index contributed by atoms with van der Waals surface area (Å²) >= 11 is 1.36. The third-order valence-corrected chi connectivity index (χ3v) is 6.27. The molecule has 0 radical (unpaired) electrons. The fourth-order valence-electron chi connectivity index (χ4n) is 3.80. The van der Waals surface area contributed by atoms with E-state index in [2.05, 4.69) is 10.9 Å². The average Bonchev–Trinajstić information content (AvgIpc) is 3.11. The molecule has 0 fully saturated rings. The highest BCUT2D eigenvalue weighted by Gasteiger charge is 2.16. The van der Waals surface area contributed by atoms with Crippen molar-refractivity contribution in [3.8, 4) is 12.3 Å². The van der Waals surface area contributed by atoms with E-state index in [0.717, 1.165) is 26.6 Å². The van der Waals surface area contributed by atoms with Crippen LogP contribution in [0.25, 0.3) is 32.0 Å². The number of aryl methyl sites for hydroxylation is 1. The third-order valence-electron chi connectivity index (χ3n) is 5.22. The Hall–Kier alpha value is -3.95. The van der Waals surface area contributed by atoms with E-state index in [0.29, 0.717) is 15.8 Å². The van der Waals surface area contributed by atoms with Gasteiger partial charge in [0.2, 0.25) is 0 Å². The molecule has 0 aliphatic heterocycles. The molecule has 0 bridgehead atoms. The lowest BCUT2D eigenvalue weighted by Gasteiger charge is -2.04. The molecule has 31 heavy (non-hydrogen) atoms. The van der Waals surface area contributed by atoms with E-state index in [9.17, 15) is 9.59 Å². The molecule has 150 valence electrons. The molecule has 1 amide bonds. The Morgan fingerprint density at radius 1 is 1.13 bits per heavy atom. The standard InChI is InChI=1S/C25H16N2O3S/c1-3-13-27-22-15(2)7-6-10-21(22)31-25(27)26-23(28)19-14-18-17-9-5-4-8-16(17)11-12-20(18)30-24(19)29/h1,4-12,14H,13H2,2H3. The van der Waals surface area contributed by atoms with Crippen molar-refractivity contribution < 1.29 is 9.21 Å². The molecule has 5 aromatic rings. The molecule has 0 saturated carbocycles. The van der Waals surface area contributed by atoms with Gasteiger partial charge in [0.25, 0.3) is 5.91 Å². The molecule has 5 nitrogen and oxygen atoms in total. The number of thiazole rings is 1. The van der Waals surface area contributed by atoms with Crippen LogP contribution in [-0.2, 0) is 6.54 Å². The molecule has 0 spiro atoms. The van der Waals surface area contributed by atoms with E-state index >= 15 is 0 Å². The van der Waals surface area contributed by atoms with Gasteiger partial charge in [0.05, 0.1) is 16.8 Å². The summed E-state index contributed by atoms with van der Waals surface area (Å²) in [6.45, 7) is 2.25. The summed E-state index contributed by atoms with van der Waals surface area (Å²) in [5.41, 5.74) is 1.59. The van der Waals surface area contributed by atoms with Crippen LogP contribution in [0.2, 0.25) is 0 Å². The molecular formula is C25H16N2O3S. The maximum atomic E-state index is 13.0. The van der Waals surface area contributed by atoms with E-state index in [-0.39, 0.29) is 12.1 Å². The fourth-order valence-corrected chi connectivity index (χ4v) is 4.90. The summed E-state index contributed by atoms with van der Waals surface area (Å²) in [4.78, 5) is 30.3. The minimum Gasteiger partial charge on any atom is -0.422 e. The predicted octanol–water partition coefficient (Wildman–Crippen LogP) is 4.65. The Morgan fingerprint density at radius 2 is 1.97 bits per heavy atom. The molecule has 6 heteroatoms. The highest BCUT2D eigenvalue weighted by molar-refractivity contribution is 7.16. The topological polar surface area (TPSA) is 64.6 Å². The number of carbonyl (C=O) groups is 1. The average molecular weight is 424 g/mol. The third kappa shape index (κ3) is 3.16. The Labute approximate surface area is 180 Å². The Kier molecular flexibility index (Phi) is 4.54. The predicted molar refractivity (Wildman–Crippen MR) is 123 cm³/mol. The second-order valence-corrected chi connectivity index (χ2v) is 8.17. The molecule has 2 aromatic heterocycles. The number of aromatic nitrogens is 1. The lowest BCUT2D eigenvalue weighted by Crippen LogP contribution is -2.19. The molecule has 0 atom stereocenters. The first-order valence-electron chi connectivity index (χ1n) is 9.64. The lowest BCUT2D eigenvalue weighted by atomic mass is 10.0. The minimum atomic E-state index is -0.711. The van der Waals surface area contributed by atoms with Crippen LogP contribution in [0.1, 0.15) is 15.9 Å². The number of para-hydroxylation sites is 1. The lowest BCUT2D eigenvalue weighted by molar-refractivity contribution is 0.0994. The maximum Gasteiger partial charge on any atom is 0.349 e. The number of hydrogen-bond donors (Lipinski definition) is 0. The zero-order valence-corrected chi connectivity index (χ0v) is 17.4. The van der Waals surface area contributed by atoms with Crippen LogP contribution in [0.5, 0.6) is 0 Å². The molecule has 0 unspecified atom stereocenters. The highest BCUT2D eigenvalue weighted by atomic mass is 32.1. The second-order valence-electron chi connectivity index (χ2n) is 7.16. The normalized spacial score (nSPS) is 11.9. The quantitative estimate of drug-likeness (QED) is 0.235. The zero-order valence-electron chi connectivity index (χ0n) is 16.6. The van der Waals surface area contributed by atoms with Gasteiger partial charge in [-0.3, -0.25) is 4.79 Å². The van der Waals surface area contributed by atoms with E-state index in [1.807, 2.05) is 60.0 Å². The number of carbonyl (C=O) groups excluding carboxylic acids is 1. The van der Waals surface area contributed by atoms with Crippen molar-refractivity contribution in [2.75, 3.05) is 0 Å². The first kappa shape index (κ1) is 19.0. The van der Waals surface area contributed by atoms with Gasteiger partial charge < -0.3 is 8.98 Å². The number of rotatable bonds is 2. The van der Waals surface area contributed by atoms with E-state index in [1.165, 1.54) is 11.3 Å². The number of amides is 1. The van der Waals surface area contributed by atoms with E-state index in [1.54, 1.807) is 12.1 Å². The SMILES string of the molecule is C#CCn1c(=NC(=O)c2cc3c(ccc4ccccc43)oc2=O)sc2cccc(C)c21. The number of hydrogen-bond acceptors (Lipinski definition) is 4. The minimum absolute atomic E-state index is 0.106. The summed E-state index contributed by atoms with van der Waals surface area (Å²) < 4.78 is 8.24.